The quantitative estimate of drug-likeness (QED) is 0.324. The monoisotopic (exact) mass is 543 g/mol. The van der Waals surface area contributed by atoms with Crippen LogP contribution in [-0.4, -0.2) is 15.5 Å². The van der Waals surface area contributed by atoms with Gasteiger partial charge in [-0.15, -0.1) is 11.3 Å². The van der Waals surface area contributed by atoms with Crippen LogP contribution in [0.1, 0.15) is 30.9 Å². The van der Waals surface area contributed by atoms with E-state index in [-0.39, 0.29) is 18.0 Å². The molecule has 4 aromatic rings. The van der Waals surface area contributed by atoms with Crippen molar-refractivity contribution in [1.29, 1.82) is 0 Å². The van der Waals surface area contributed by atoms with Gasteiger partial charge in [0, 0.05) is 20.2 Å². The molecule has 0 radical (unpaired) electrons. The van der Waals surface area contributed by atoms with Gasteiger partial charge in [-0.05, 0) is 70.3 Å². The SMILES string of the molecule is Cc1cc(I)ccc1NC(=O)Cn1cnc2scc(-c3ccc(C(C)C)cc3)c2c1=O. The van der Waals surface area contributed by atoms with Crippen molar-refractivity contribution in [2.24, 2.45) is 0 Å². The third-order valence-electron chi connectivity index (χ3n) is 5.23. The molecule has 1 amide bonds. The van der Waals surface area contributed by atoms with Crippen molar-refractivity contribution in [2.75, 3.05) is 5.32 Å². The van der Waals surface area contributed by atoms with Crippen LogP contribution in [0.15, 0.2) is 59.0 Å². The van der Waals surface area contributed by atoms with Crippen LogP contribution < -0.4 is 10.9 Å². The molecule has 2 aromatic heterocycles. The molecule has 5 nitrogen and oxygen atoms in total. The van der Waals surface area contributed by atoms with E-state index >= 15 is 0 Å². The Morgan fingerprint density at radius 1 is 1.19 bits per heavy atom. The highest BCUT2D eigenvalue weighted by atomic mass is 127. The number of nitrogens with zero attached hydrogens (tertiary/aromatic N) is 2. The molecular weight excluding hydrogens is 521 g/mol. The average molecular weight is 543 g/mol. The van der Waals surface area contributed by atoms with Crippen molar-refractivity contribution in [1.82, 2.24) is 9.55 Å². The molecule has 0 aliphatic heterocycles. The molecule has 1 N–H and O–H groups in total. The minimum absolute atomic E-state index is 0.0885. The van der Waals surface area contributed by atoms with Crippen molar-refractivity contribution in [3.63, 3.8) is 0 Å². The molecule has 0 fully saturated rings. The lowest BCUT2D eigenvalue weighted by Crippen LogP contribution is -2.28. The molecule has 7 heteroatoms. The van der Waals surface area contributed by atoms with E-state index in [0.29, 0.717) is 16.1 Å². The summed E-state index contributed by atoms with van der Waals surface area (Å²) in [5.74, 6) is 0.188. The van der Waals surface area contributed by atoms with Gasteiger partial charge in [0.15, 0.2) is 0 Å². The lowest BCUT2D eigenvalue weighted by Gasteiger charge is -2.10. The largest absolute Gasteiger partial charge is 0.324 e. The number of hydrogen-bond acceptors (Lipinski definition) is 4. The summed E-state index contributed by atoms with van der Waals surface area (Å²) in [6.45, 7) is 6.16. The molecular formula is C24H22IN3O2S. The summed E-state index contributed by atoms with van der Waals surface area (Å²) in [5, 5.41) is 5.41. The molecule has 0 spiro atoms. The second kappa shape index (κ2) is 8.92. The summed E-state index contributed by atoms with van der Waals surface area (Å²) >= 11 is 3.67. The maximum Gasteiger partial charge on any atom is 0.263 e. The Bertz CT molecular complexity index is 1320. The number of benzene rings is 2. The smallest absolute Gasteiger partial charge is 0.263 e. The summed E-state index contributed by atoms with van der Waals surface area (Å²) in [4.78, 5) is 30.9. The van der Waals surface area contributed by atoms with Crippen LogP contribution >= 0.6 is 33.9 Å². The van der Waals surface area contributed by atoms with Gasteiger partial charge in [0.05, 0.1) is 11.7 Å². The second-order valence-electron chi connectivity index (χ2n) is 7.79. The van der Waals surface area contributed by atoms with Crippen molar-refractivity contribution < 1.29 is 4.79 Å². The second-order valence-corrected chi connectivity index (χ2v) is 9.90. The maximum atomic E-state index is 13.2. The fraction of sp³-hybridized carbons (Fsp3) is 0.208. The zero-order valence-electron chi connectivity index (χ0n) is 17.5. The normalized spacial score (nSPS) is 11.3. The first-order valence-electron chi connectivity index (χ1n) is 9.96. The number of thiophene rings is 1. The number of halogens is 1. The lowest BCUT2D eigenvalue weighted by atomic mass is 9.99. The Balaban J connectivity index is 1.64. The van der Waals surface area contributed by atoms with Gasteiger partial charge in [0.25, 0.3) is 5.56 Å². The summed E-state index contributed by atoms with van der Waals surface area (Å²) in [7, 11) is 0. The Morgan fingerprint density at radius 2 is 1.94 bits per heavy atom. The molecule has 0 unspecified atom stereocenters. The van der Waals surface area contributed by atoms with Crippen LogP contribution in [0.4, 0.5) is 5.69 Å². The summed E-state index contributed by atoms with van der Waals surface area (Å²) in [6.07, 6.45) is 1.45. The highest BCUT2D eigenvalue weighted by molar-refractivity contribution is 14.1. The number of rotatable bonds is 5. The van der Waals surface area contributed by atoms with Gasteiger partial charge in [-0.25, -0.2) is 4.98 Å². The van der Waals surface area contributed by atoms with Gasteiger partial charge >= 0.3 is 0 Å². The molecule has 0 aliphatic rings. The number of carbonyl (C=O) groups is 1. The number of anilines is 1. The topological polar surface area (TPSA) is 64.0 Å². The van der Waals surface area contributed by atoms with E-state index in [2.05, 4.69) is 58.9 Å². The minimum Gasteiger partial charge on any atom is -0.324 e. The Kier molecular flexibility index (Phi) is 6.24. The number of fused-ring (bicyclic) bond motifs is 1. The van der Waals surface area contributed by atoms with Crippen LogP contribution in [-0.2, 0) is 11.3 Å². The Morgan fingerprint density at radius 3 is 2.61 bits per heavy atom. The van der Waals surface area contributed by atoms with Gasteiger partial charge in [0.1, 0.15) is 11.4 Å². The summed E-state index contributed by atoms with van der Waals surface area (Å²) in [6, 6.07) is 14.1. The average Bonchev–Trinajstić information content (AvgIpc) is 3.17. The van der Waals surface area contributed by atoms with Gasteiger partial charge in [-0.1, -0.05) is 38.1 Å². The third-order valence-corrected chi connectivity index (χ3v) is 6.78. The van der Waals surface area contributed by atoms with Crippen LogP contribution in [0, 0.1) is 10.5 Å². The maximum absolute atomic E-state index is 13.2. The van der Waals surface area contributed by atoms with E-state index in [1.54, 1.807) is 0 Å². The standard InChI is InChI=1S/C24H22IN3O2S/c1-14(2)16-4-6-17(7-5-16)19-12-31-23-22(19)24(30)28(13-26-23)11-21(29)27-20-9-8-18(25)10-15(20)3/h4-10,12-14H,11H2,1-3H3,(H,27,29). The molecule has 2 aromatic carbocycles. The number of hydrogen-bond donors (Lipinski definition) is 1. The van der Waals surface area contributed by atoms with Crippen LogP contribution in [0.5, 0.6) is 0 Å². The first kappa shape index (κ1) is 21.7. The first-order chi connectivity index (χ1) is 14.8. The fourth-order valence-corrected chi connectivity index (χ4v) is 5.01. The molecule has 0 saturated heterocycles. The minimum atomic E-state index is -0.259. The molecule has 0 bridgehead atoms. The molecule has 158 valence electrons. The number of nitrogens with one attached hydrogen (secondary N) is 1. The molecule has 2 heterocycles. The zero-order valence-corrected chi connectivity index (χ0v) is 20.5. The van der Waals surface area contributed by atoms with E-state index in [0.717, 1.165) is 25.9 Å². The summed E-state index contributed by atoms with van der Waals surface area (Å²) in [5.41, 5.74) is 4.60. The predicted molar refractivity (Wildman–Crippen MR) is 136 cm³/mol. The van der Waals surface area contributed by atoms with Crippen LogP contribution in [0.2, 0.25) is 0 Å². The van der Waals surface area contributed by atoms with Gasteiger partial charge in [0.2, 0.25) is 5.91 Å². The van der Waals surface area contributed by atoms with Gasteiger partial charge in [-0.3, -0.25) is 14.2 Å². The highest BCUT2D eigenvalue weighted by Crippen LogP contribution is 2.31. The van der Waals surface area contributed by atoms with E-state index < -0.39 is 0 Å². The van der Waals surface area contributed by atoms with Crippen molar-refractivity contribution in [2.45, 2.75) is 33.2 Å². The van der Waals surface area contributed by atoms with E-state index in [1.807, 2.05) is 42.6 Å². The number of aryl methyl sites for hydroxylation is 1. The number of carbonyl (C=O) groups excluding carboxylic acids is 1. The third kappa shape index (κ3) is 4.57. The summed E-state index contributed by atoms with van der Waals surface area (Å²) < 4.78 is 2.48. The Hall–Kier alpha value is -2.52. The van der Waals surface area contributed by atoms with Crippen molar-refractivity contribution in [3.8, 4) is 11.1 Å². The predicted octanol–water partition coefficient (Wildman–Crippen LogP) is 5.80. The first-order valence-corrected chi connectivity index (χ1v) is 11.9. The van der Waals surface area contributed by atoms with Crippen molar-refractivity contribution in [3.05, 3.63) is 79.2 Å². The van der Waals surface area contributed by atoms with Gasteiger partial charge in [-0.2, -0.15) is 0 Å². The van der Waals surface area contributed by atoms with Crippen LogP contribution in [0.25, 0.3) is 21.3 Å². The molecule has 0 atom stereocenters. The highest BCUT2D eigenvalue weighted by Gasteiger charge is 2.15. The number of amides is 1. The van der Waals surface area contributed by atoms with E-state index in [1.165, 1.54) is 27.8 Å². The fourth-order valence-electron chi connectivity index (χ4n) is 3.45. The van der Waals surface area contributed by atoms with Gasteiger partial charge < -0.3 is 5.32 Å². The van der Waals surface area contributed by atoms with Crippen LogP contribution in [0.3, 0.4) is 0 Å². The van der Waals surface area contributed by atoms with E-state index in [9.17, 15) is 9.59 Å². The lowest BCUT2D eigenvalue weighted by molar-refractivity contribution is -0.116. The van der Waals surface area contributed by atoms with Crippen molar-refractivity contribution >= 4 is 55.7 Å². The molecule has 0 aliphatic carbocycles. The molecule has 0 saturated carbocycles. The van der Waals surface area contributed by atoms with E-state index in [4.69, 9.17) is 0 Å². The Labute approximate surface area is 198 Å². The number of aromatic nitrogens is 2. The molecule has 31 heavy (non-hydrogen) atoms. The zero-order chi connectivity index (χ0) is 22.1. The molecule has 4 rings (SSSR count).